The zero-order valence-electron chi connectivity index (χ0n) is 18.5. The van der Waals surface area contributed by atoms with Crippen LogP contribution in [-0.2, 0) is 0 Å². The van der Waals surface area contributed by atoms with E-state index in [0.29, 0.717) is 18.8 Å². The van der Waals surface area contributed by atoms with Gasteiger partial charge in [-0.25, -0.2) is 9.37 Å². The number of anilines is 1. The third-order valence-electron chi connectivity index (χ3n) is 5.95. The van der Waals surface area contributed by atoms with E-state index in [1.807, 2.05) is 24.0 Å². The number of carbonyl (C=O) groups excluding carboxylic acids is 1. The average Bonchev–Trinajstić information content (AvgIpc) is 3.46. The summed E-state index contributed by atoms with van der Waals surface area (Å²) >= 11 is 1.50. The normalized spacial score (nSPS) is 14.0. The number of hydrogen-bond acceptors (Lipinski definition) is 5. The number of para-hydroxylation sites is 1. The second-order valence-electron chi connectivity index (χ2n) is 8.17. The number of carbonyl (C=O) groups is 1. The summed E-state index contributed by atoms with van der Waals surface area (Å²) in [6.45, 7) is 6.94. The van der Waals surface area contributed by atoms with Crippen LogP contribution in [0.15, 0.2) is 54.6 Å². The summed E-state index contributed by atoms with van der Waals surface area (Å²) in [5.74, 6) is -0.341. The van der Waals surface area contributed by atoms with Gasteiger partial charge in [-0.05, 0) is 55.8 Å². The molecule has 33 heavy (non-hydrogen) atoms. The summed E-state index contributed by atoms with van der Waals surface area (Å²) in [6.07, 6.45) is 0. The highest BCUT2D eigenvalue weighted by molar-refractivity contribution is 7.18. The van der Waals surface area contributed by atoms with E-state index >= 15 is 0 Å². The Morgan fingerprint density at radius 3 is 2.48 bits per heavy atom. The maximum atomic E-state index is 13.2. The Morgan fingerprint density at radius 1 is 1.03 bits per heavy atom. The molecule has 1 aliphatic heterocycles. The van der Waals surface area contributed by atoms with Crippen LogP contribution in [0, 0.1) is 19.7 Å². The monoisotopic (exact) mass is 461 g/mol. The molecule has 1 aliphatic rings. The SMILES string of the molecule is Cc1ccccc1N1CCN(C(=O)c2cc(-c3sc(-c4ccc(F)cc4)nc3C)[nH]n2)CC1. The fraction of sp³-hybridized carbons (Fsp3) is 0.240. The van der Waals surface area contributed by atoms with Gasteiger partial charge in [-0.3, -0.25) is 9.89 Å². The van der Waals surface area contributed by atoms with Crippen LogP contribution in [0.2, 0.25) is 0 Å². The molecule has 0 saturated carbocycles. The lowest BCUT2D eigenvalue weighted by atomic mass is 10.1. The van der Waals surface area contributed by atoms with Gasteiger partial charge >= 0.3 is 0 Å². The molecular formula is C25H24FN5OS. The molecule has 0 unspecified atom stereocenters. The van der Waals surface area contributed by atoms with Crippen LogP contribution in [0.25, 0.3) is 21.1 Å². The van der Waals surface area contributed by atoms with E-state index < -0.39 is 0 Å². The van der Waals surface area contributed by atoms with Crippen LogP contribution < -0.4 is 4.90 Å². The second-order valence-corrected chi connectivity index (χ2v) is 9.17. The first-order valence-corrected chi connectivity index (χ1v) is 11.7. The second kappa shape index (κ2) is 8.78. The van der Waals surface area contributed by atoms with E-state index in [2.05, 4.69) is 39.1 Å². The van der Waals surface area contributed by atoms with Gasteiger partial charge in [0.25, 0.3) is 5.91 Å². The number of halogens is 1. The number of aryl methyl sites for hydroxylation is 2. The minimum atomic E-state index is -0.274. The molecule has 1 saturated heterocycles. The van der Waals surface area contributed by atoms with Crippen molar-refractivity contribution >= 4 is 22.9 Å². The number of nitrogens with one attached hydrogen (secondary N) is 1. The van der Waals surface area contributed by atoms with Gasteiger partial charge in [0, 0.05) is 37.4 Å². The lowest BCUT2D eigenvalue weighted by molar-refractivity contribution is 0.0741. The van der Waals surface area contributed by atoms with Gasteiger partial charge in [0.05, 0.1) is 16.3 Å². The zero-order chi connectivity index (χ0) is 22.9. The summed E-state index contributed by atoms with van der Waals surface area (Å²) in [5.41, 5.74) is 5.34. The summed E-state index contributed by atoms with van der Waals surface area (Å²) < 4.78 is 13.2. The maximum Gasteiger partial charge on any atom is 0.274 e. The lowest BCUT2D eigenvalue weighted by Crippen LogP contribution is -2.49. The molecule has 0 radical (unpaired) electrons. The fourth-order valence-electron chi connectivity index (χ4n) is 4.14. The topological polar surface area (TPSA) is 65.1 Å². The Labute approximate surface area is 195 Å². The van der Waals surface area contributed by atoms with Crippen molar-refractivity contribution in [1.29, 1.82) is 0 Å². The Bertz CT molecular complexity index is 1290. The average molecular weight is 462 g/mol. The molecule has 6 nitrogen and oxygen atoms in total. The van der Waals surface area contributed by atoms with E-state index in [9.17, 15) is 9.18 Å². The van der Waals surface area contributed by atoms with Crippen molar-refractivity contribution in [2.75, 3.05) is 31.1 Å². The standard InChI is InChI=1S/C25H24FN5OS/c1-16-5-3-4-6-22(16)30-11-13-31(14-12-30)25(32)21-15-20(28-29-21)23-17(2)27-24(33-23)18-7-9-19(26)10-8-18/h3-10,15H,11-14H2,1-2H3,(H,28,29). The van der Waals surface area contributed by atoms with Crippen molar-refractivity contribution in [3.8, 4) is 21.1 Å². The highest BCUT2D eigenvalue weighted by atomic mass is 32.1. The number of thiazole rings is 1. The van der Waals surface area contributed by atoms with Crippen molar-refractivity contribution in [3.63, 3.8) is 0 Å². The number of rotatable bonds is 4. The summed E-state index contributed by atoms with van der Waals surface area (Å²) in [4.78, 5) is 22.8. The van der Waals surface area contributed by atoms with Gasteiger partial charge in [-0.15, -0.1) is 11.3 Å². The van der Waals surface area contributed by atoms with Gasteiger partial charge in [0.2, 0.25) is 0 Å². The summed E-state index contributed by atoms with van der Waals surface area (Å²) in [5, 5.41) is 8.10. The Kier molecular flexibility index (Phi) is 5.68. The number of nitrogens with zero attached hydrogens (tertiary/aromatic N) is 4. The fourth-order valence-corrected chi connectivity index (χ4v) is 5.18. The Hall–Kier alpha value is -3.52. The molecule has 0 spiro atoms. The van der Waals surface area contributed by atoms with Crippen LogP contribution in [0.4, 0.5) is 10.1 Å². The van der Waals surface area contributed by atoms with Crippen LogP contribution in [0.5, 0.6) is 0 Å². The van der Waals surface area contributed by atoms with E-state index in [1.54, 1.807) is 18.2 Å². The molecule has 0 aliphatic carbocycles. The van der Waals surface area contributed by atoms with Gasteiger partial charge in [0.1, 0.15) is 10.8 Å². The highest BCUT2D eigenvalue weighted by Gasteiger charge is 2.25. The van der Waals surface area contributed by atoms with Gasteiger partial charge in [0.15, 0.2) is 5.69 Å². The smallest absolute Gasteiger partial charge is 0.274 e. The molecule has 0 bridgehead atoms. The van der Waals surface area contributed by atoms with E-state index in [0.717, 1.165) is 39.9 Å². The molecule has 1 fully saturated rings. The molecule has 1 amide bonds. The number of aromatic amines is 1. The van der Waals surface area contributed by atoms with Crippen molar-refractivity contribution < 1.29 is 9.18 Å². The number of aromatic nitrogens is 3. The van der Waals surface area contributed by atoms with E-state index in [4.69, 9.17) is 0 Å². The first-order chi connectivity index (χ1) is 16.0. The first-order valence-electron chi connectivity index (χ1n) is 10.9. The largest absolute Gasteiger partial charge is 0.368 e. The maximum absolute atomic E-state index is 13.2. The summed E-state index contributed by atoms with van der Waals surface area (Å²) in [6, 6.07) is 16.4. The number of hydrogen-bond donors (Lipinski definition) is 1. The minimum Gasteiger partial charge on any atom is -0.368 e. The summed E-state index contributed by atoms with van der Waals surface area (Å²) in [7, 11) is 0. The molecule has 168 valence electrons. The molecule has 8 heteroatoms. The van der Waals surface area contributed by atoms with Crippen LogP contribution in [-0.4, -0.2) is 52.2 Å². The van der Waals surface area contributed by atoms with E-state index in [-0.39, 0.29) is 11.7 Å². The zero-order valence-corrected chi connectivity index (χ0v) is 19.3. The van der Waals surface area contributed by atoms with Crippen LogP contribution >= 0.6 is 11.3 Å². The van der Waals surface area contributed by atoms with Crippen molar-refractivity contribution in [2.24, 2.45) is 0 Å². The molecule has 3 heterocycles. The molecule has 0 atom stereocenters. The van der Waals surface area contributed by atoms with Crippen molar-refractivity contribution in [2.45, 2.75) is 13.8 Å². The predicted molar refractivity (Wildman–Crippen MR) is 129 cm³/mol. The Balaban J connectivity index is 1.29. The van der Waals surface area contributed by atoms with Crippen molar-refractivity contribution in [1.82, 2.24) is 20.1 Å². The van der Waals surface area contributed by atoms with Crippen LogP contribution in [0.1, 0.15) is 21.7 Å². The van der Waals surface area contributed by atoms with Gasteiger partial charge in [-0.2, -0.15) is 5.10 Å². The number of benzene rings is 2. The van der Waals surface area contributed by atoms with Crippen molar-refractivity contribution in [3.05, 3.63) is 77.4 Å². The van der Waals surface area contributed by atoms with Crippen LogP contribution in [0.3, 0.4) is 0 Å². The van der Waals surface area contributed by atoms with Gasteiger partial charge < -0.3 is 9.80 Å². The lowest BCUT2D eigenvalue weighted by Gasteiger charge is -2.36. The third-order valence-corrected chi connectivity index (χ3v) is 7.19. The quantitative estimate of drug-likeness (QED) is 0.469. The number of piperazine rings is 1. The molecule has 2 aromatic heterocycles. The minimum absolute atomic E-state index is 0.0668. The molecule has 1 N–H and O–H groups in total. The Morgan fingerprint density at radius 2 is 1.76 bits per heavy atom. The molecule has 2 aromatic carbocycles. The molecule has 4 aromatic rings. The molecular weight excluding hydrogens is 437 g/mol. The molecule has 5 rings (SSSR count). The van der Waals surface area contributed by atoms with E-state index in [1.165, 1.54) is 34.7 Å². The first kappa shape index (κ1) is 21.3. The number of amides is 1. The third kappa shape index (κ3) is 4.26. The predicted octanol–water partition coefficient (Wildman–Crippen LogP) is 4.92. The number of H-pyrrole nitrogens is 1. The highest BCUT2D eigenvalue weighted by Crippen LogP contribution is 2.34. The van der Waals surface area contributed by atoms with Gasteiger partial charge in [-0.1, -0.05) is 18.2 Å².